The second-order valence-corrected chi connectivity index (χ2v) is 7.12. The molecule has 0 aliphatic carbocycles. The number of amides is 1. The molecule has 0 bridgehead atoms. The van der Waals surface area contributed by atoms with E-state index in [2.05, 4.69) is 25.8 Å². The van der Waals surface area contributed by atoms with Gasteiger partial charge in [0.15, 0.2) is 0 Å². The van der Waals surface area contributed by atoms with Gasteiger partial charge in [-0.15, -0.1) is 11.3 Å². The van der Waals surface area contributed by atoms with E-state index in [9.17, 15) is 4.79 Å². The van der Waals surface area contributed by atoms with Crippen molar-refractivity contribution in [3.8, 4) is 0 Å². The Morgan fingerprint density at radius 2 is 1.90 bits per heavy atom. The highest BCUT2D eigenvalue weighted by Crippen LogP contribution is 2.35. The zero-order chi connectivity index (χ0) is 15.8. The van der Waals surface area contributed by atoms with E-state index in [0.717, 1.165) is 15.9 Å². The lowest BCUT2D eigenvalue weighted by Crippen LogP contribution is -2.30. The molecule has 21 heavy (non-hydrogen) atoms. The summed E-state index contributed by atoms with van der Waals surface area (Å²) in [6.45, 7) is 11.7. The average Bonchev–Trinajstić information content (AvgIpc) is 2.76. The smallest absolute Gasteiger partial charge is 0.266 e. The maximum Gasteiger partial charge on any atom is 0.266 e. The standard InChI is InChI=1S/C16H23N3OS/c1-6-19(7-2)15(20)13-12(17)10-8-9-11(16(3,4)5)18-14(10)21-13/h8-9H,6-7,17H2,1-5H3. The number of thiophene rings is 1. The van der Waals surface area contributed by atoms with Crippen molar-refractivity contribution in [2.24, 2.45) is 0 Å². The summed E-state index contributed by atoms with van der Waals surface area (Å²) < 4.78 is 0. The Balaban J connectivity index is 2.53. The molecule has 0 aliphatic rings. The van der Waals surface area contributed by atoms with Crippen LogP contribution in [0.2, 0.25) is 0 Å². The minimum Gasteiger partial charge on any atom is -0.397 e. The van der Waals surface area contributed by atoms with Crippen LogP contribution in [0, 0.1) is 0 Å². The summed E-state index contributed by atoms with van der Waals surface area (Å²) in [4.78, 5) is 20.4. The lowest BCUT2D eigenvalue weighted by molar-refractivity contribution is 0.0779. The van der Waals surface area contributed by atoms with Crippen LogP contribution in [-0.4, -0.2) is 28.9 Å². The molecule has 2 aromatic heterocycles. The van der Waals surface area contributed by atoms with Crippen LogP contribution in [0.5, 0.6) is 0 Å². The van der Waals surface area contributed by atoms with Gasteiger partial charge in [0, 0.05) is 29.6 Å². The number of carbonyl (C=O) groups is 1. The van der Waals surface area contributed by atoms with Crippen LogP contribution < -0.4 is 5.73 Å². The summed E-state index contributed by atoms with van der Waals surface area (Å²) in [7, 11) is 0. The fourth-order valence-corrected chi connectivity index (χ4v) is 3.29. The van der Waals surface area contributed by atoms with Crippen molar-refractivity contribution in [2.75, 3.05) is 18.8 Å². The Hall–Kier alpha value is -1.62. The van der Waals surface area contributed by atoms with E-state index < -0.39 is 0 Å². The second-order valence-electron chi connectivity index (χ2n) is 6.12. The topological polar surface area (TPSA) is 59.2 Å². The van der Waals surface area contributed by atoms with Crippen molar-refractivity contribution in [2.45, 2.75) is 40.0 Å². The van der Waals surface area contributed by atoms with Crippen molar-refractivity contribution in [1.82, 2.24) is 9.88 Å². The molecule has 0 spiro atoms. The van der Waals surface area contributed by atoms with Crippen molar-refractivity contribution in [3.05, 3.63) is 22.7 Å². The maximum absolute atomic E-state index is 12.5. The number of fused-ring (bicyclic) bond motifs is 1. The van der Waals surface area contributed by atoms with Crippen LogP contribution in [0.1, 0.15) is 50.0 Å². The number of anilines is 1. The normalized spacial score (nSPS) is 11.9. The molecule has 0 saturated carbocycles. The highest BCUT2D eigenvalue weighted by molar-refractivity contribution is 7.21. The van der Waals surface area contributed by atoms with Gasteiger partial charge in [0.25, 0.3) is 5.91 Å². The third kappa shape index (κ3) is 2.88. The van der Waals surface area contributed by atoms with Crippen LogP contribution in [0.15, 0.2) is 12.1 Å². The number of aromatic nitrogens is 1. The molecule has 4 nitrogen and oxygen atoms in total. The van der Waals surface area contributed by atoms with Crippen LogP contribution in [-0.2, 0) is 5.41 Å². The molecule has 2 rings (SSSR count). The summed E-state index contributed by atoms with van der Waals surface area (Å²) in [5.41, 5.74) is 7.72. The molecule has 2 aromatic rings. The molecular formula is C16H23N3OS. The van der Waals surface area contributed by atoms with Gasteiger partial charge in [-0.1, -0.05) is 20.8 Å². The van der Waals surface area contributed by atoms with Crippen molar-refractivity contribution >= 4 is 33.1 Å². The van der Waals surface area contributed by atoms with Crippen molar-refractivity contribution < 1.29 is 4.79 Å². The van der Waals surface area contributed by atoms with Gasteiger partial charge >= 0.3 is 0 Å². The highest BCUT2D eigenvalue weighted by Gasteiger charge is 2.22. The summed E-state index contributed by atoms with van der Waals surface area (Å²) in [6.07, 6.45) is 0. The molecule has 0 saturated heterocycles. The summed E-state index contributed by atoms with van der Waals surface area (Å²) in [6, 6.07) is 3.98. The second kappa shape index (κ2) is 5.64. The van der Waals surface area contributed by atoms with E-state index in [1.807, 2.05) is 26.0 Å². The van der Waals surface area contributed by atoms with Crippen LogP contribution in [0.4, 0.5) is 5.69 Å². The lowest BCUT2D eigenvalue weighted by atomic mass is 9.91. The number of nitrogens with two attached hydrogens (primary N) is 1. The van der Waals surface area contributed by atoms with E-state index >= 15 is 0 Å². The zero-order valence-corrected chi connectivity index (χ0v) is 14.2. The van der Waals surface area contributed by atoms with Gasteiger partial charge in [-0.2, -0.15) is 0 Å². The van der Waals surface area contributed by atoms with E-state index in [0.29, 0.717) is 23.7 Å². The molecule has 1 amide bonds. The number of hydrogen-bond acceptors (Lipinski definition) is 4. The molecule has 0 fully saturated rings. The molecule has 0 aliphatic heterocycles. The minimum absolute atomic E-state index is 0.00203. The van der Waals surface area contributed by atoms with E-state index in [1.165, 1.54) is 11.3 Å². The first-order valence-electron chi connectivity index (χ1n) is 7.28. The van der Waals surface area contributed by atoms with Gasteiger partial charge in [-0.25, -0.2) is 4.98 Å². The number of nitrogens with zero attached hydrogens (tertiary/aromatic N) is 2. The summed E-state index contributed by atoms with van der Waals surface area (Å²) in [5, 5.41) is 0.878. The first-order valence-corrected chi connectivity index (χ1v) is 8.10. The maximum atomic E-state index is 12.5. The molecule has 2 N–H and O–H groups in total. The number of carbonyl (C=O) groups excluding carboxylic acids is 1. The first kappa shape index (κ1) is 15.8. The van der Waals surface area contributed by atoms with Gasteiger partial charge in [0.2, 0.25) is 0 Å². The molecule has 0 aromatic carbocycles. The van der Waals surface area contributed by atoms with Crippen molar-refractivity contribution in [1.29, 1.82) is 0 Å². The molecule has 114 valence electrons. The zero-order valence-electron chi connectivity index (χ0n) is 13.4. The van der Waals surface area contributed by atoms with Gasteiger partial charge in [0.05, 0.1) is 5.69 Å². The number of rotatable bonds is 3. The molecular weight excluding hydrogens is 282 g/mol. The highest BCUT2D eigenvalue weighted by atomic mass is 32.1. The number of hydrogen-bond donors (Lipinski definition) is 1. The first-order chi connectivity index (χ1) is 9.79. The fourth-order valence-electron chi connectivity index (χ4n) is 2.23. The fraction of sp³-hybridized carbons (Fsp3) is 0.500. The Bertz CT molecular complexity index is 666. The predicted molar refractivity (Wildman–Crippen MR) is 90.0 cm³/mol. The SMILES string of the molecule is CCN(CC)C(=O)c1sc2nc(C(C)(C)C)ccc2c1N. The van der Waals surface area contributed by atoms with E-state index in [4.69, 9.17) is 5.73 Å². The van der Waals surface area contributed by atoms with Gasteiger partial charge < -0.3 is 10.6 Å². The van der Waals surface area contributed by atoms with E-state index in [1.54, 1.807) is 4.90 Å². The number of pyridine rings is 1. The Morgan fingerprint density at radius 3 is 2.43 bits per heavy atom. The van der Waals surface area contributed by atoms with Crippen LogP contribution >= 0.6 is 11.3 Å². The van der Waals surface area contributed by atoms with E-state index in [-0.39, 0.29) is 11.3 Å². The Kier molecular flexibility index (Phi) is 4.23. The third-order valence-corrected chi connectivity index (χ3v) is 4.71. The average molecular weight is 305 g/mol. The van der Waals surface area contributed by atoms with Crippen LogP contribution in [0.3, 0.4) is 0 Å². The molecule has 0 unspecified atom stereocenters. The predicted octanol–water partition coefficient (Wildman–Crippen LogP) is 3.66. The largest absolute Gasteiger partial charge is 0.397 e. The molecule has 0 atom stereocenters. The van der Waals surface area contributed by atoms with Gasteiger partial charge in [0.1, 0.15) is 9.71 Å². The Labute approximate surface area is 130 Å². The molecule has 2 heterocycles. The lowest BCUT2D eigenvalue weighted by Gasteiger charge is -2.17. The van der Waals surface area contributed by atoms with Crippen molar-refractivity contribution in [3.63, 3.8) is 0 Å². The Morgan fingerprint density at radius 1 is 1.29 bits per heavy atom. The minimum atomic E-state index is -0.0179. The monoisotopic (exact) mass is 305 g/mol. The third-order valence-electron chi connectivity index (χ3n) is 3.61. The molecule has 0 radical (unpaired) electrons. The quantitative estimate of drug-likeness (QED) is 0.941. The molecule has 5 heteroatoms. The number of nitrogen functional groups attached to an aromatic ring is 1. The van der Waals surface area contributed by atoms with Gasteiger partial charge in [-0.3, -0.25) is 4.79 Å². The van der Waals surface area contributed by atoms with Crippen LogP contribution in [0.25, 0.3) is 10.2 Å². The summed E-state index contributed by atoms with van der Waals surface area (Å²) in [5.74, 6) is -0.00203. The summed E-state index contributed by atoms with van der Waals surface area (Å²) >= 11 is 1.39. The van der Waals surface area contributed by atoms with Gasteiger partial charge in [-0.05, 0) is 26.0 Å².